The summed E-state index contributed by atoms with van der Waals surface area (Å²) in [6.07, 6.45) is 0.287. The summed E-state index contributed by atoms with van der Waals surface area (Å²) in [5.41, 5.74) is 3.82. The van der Waals surface area contributed by atoms with E-state index < -0.39 is 5.97 Å². The number of aromatic nitrogens is 1. The summed E-state index contributed by atoms with van der Waals surface area (Å²) in [4.78, 5) is 15.7. The van der Waals surface area contributed by atoms with Crippen LogP contribution in [0.2, 0.25) is 5.15 Å². The third-order valence-corrected chi connectivity index (χ3v) is 3.93. The summed E-state index contributed by atoms with van der Waals surface area (Å²) in [5, 5.41) is 9.80. The maximum Gasteiger partial charge on any atom is 0.335 e. The number of carboxylic acid groups (broad SMARTS) is 1. The number of hydrogen-bond acceptors (Lipinski definition) is 3. The standard InChI is InChI=1S/C18H18ClNO3/c1-11-7-8-13(16-5-4-6-17(19)20-16)9-14(11)10-15(18(21)22)12(2)23-3/h4-9H,10H2,1-3H3,(H,21,22). The van der Waals surface area contributed by atoms with Crippen molar-refractivity contribution in [3.8, 4) is 11.3 Å². The molecule has 0 radical (unpaired) electrons. The van der Waals surface area contributed by atoms with Crippen LogP contribution >= 0.6 is 11.6 Å². The lowest BCUT2D eigenvalue weighted by molar-refractivity contribution is -0.133. The van der Waals surface area contributed by atoms with Gasteiger partial charge in [-0.1, -0.05) is 29.8 Å². The lowest BCUT2D eigenvalue weighted by Gasteiger charge is -2.11. The van der Waals surface area contributed by atoms with E-state index in [1.54, 1.807) is 13.0 Å². The second-order valence-electron chi connectivity index (χ2n) is 5.21. The molecule has 5 heteroatoms. The van der Waals surface area contributed by atoms with E-state index in [1.165, 1.54) is 7.11 Å². The van der Waals surface area contributed by atoms with Gasteiger partial charge in [0, 0.05) is 12.0 Å². The first-order valence-corrected chi connectivity index (χ1v) is 7.49. The van der Waals surface area contributed by atoms with E-state index in [2.05, 4.69) is 4.98 Å². The molecule has 23 heavy (non-hydrogen) atoms. The van der Waals surface area contributed by atoms with E-state index in [9.17, 15) is 9.90 Å². The van der Waals surface area contributed by atoms with Crippen molar-refractivity contribution in [1.29, 1.82) is 0 Å². The molecule has 0 bridgehead atoms. The molecule has 0 spiro atoms. The van der Waals surface area contributed by atoms with Gasteiger partial charge in [0.1, 0.15) is 10.9 Å². The quantitative estimate of drug-likeness (QED) is 0.505. The molecule has 0 aliphatic heterocycles. The van der Waals surface area contributed by atoms with Gasteiger partial charge in [-0.3, -0.25) is 0 Å². The summed E-state index contributed by atoms with van der Waals surface area (Å²) in [6.45, 7) is 3.60. The highest BCUT2D eigenvalue weighted by Gasteiger charge is 2.15. The Morgan fingerprint density at radius 1 is 1.30 bits per heavy atom. The monoisotopic (exact) mass is 331 g/mol. The zero-order chi connectivity index (χ0) is 17.0. The highest BCUT2D eigenvalue weighted by Crippen LogP contribution is 2.24. The minimum Gasteiger partial charge on any atom is -0.501 e. The molecule has 0 aliphatic rings. The predicted molar refractivity (Wildman–Crippen MR) is 90.5 cm³/mol. The number of hydrogen-bond donors (Lipinski definition) is 1. The molecule has 4 nitrogen and oxygen atoms in total. The number of pyridine rings is 1. The Morgan fingerprint density at radius 2 is 2.04 bits per heavy atom. The van der Waals surface area contributed by atoms with Gasteiger partial charge in [-0.25, -0.2) is 9.78 Å². The van der Waals surface area contributed by atoms with Crippen LogP contribution in [0.3, 0.4) is 0 Å². The summed E-state index contributed by atoms with van der Waals surface area (Å²) in [5.74, 6) is -0.571. The summed E-state index contributed by atoms with van der Waals surface area (Å²) in [6, 6.07) is 11.3. The molecular formula is C18H18ClNO3. The number of aryl methyl sites for hydroxylation is 1. The van der Waals surface area contributed by atoms with Crippen LogP contribution in [-0.2, 0) is 16.0 Å². The Labute approximate surface area is 140 Å². The molecule has 0 unspecified atom stereocenters. The van der Waals surface area contributed by atoms with E-state index in [4.69, 9.17) is 16.3 Å². The van der Waals surface area contributed by atoms with Gasteiger partial charge >= 0.3 is 5.97 Å². The van der Waals surface area contributed by atoms with Crippen molar-refractivity contribution in [2.24, 2.45) is 0 Å². The van der Waals surface area contributed by atoms with Gasteiger partial charge in [-0.2, -0.15) is 0 Å². The number of benzene rings is 1. The zero-order valence-electron chi connectivity index (χ0n) is 13.3. The molecule has 0 fully saturated rings. The Kier molecular flexibility index (Phi) is 5.40. The normalized spacial score (nSPS) is 11.8. The molecule has 0 amide bonds. The fourth-order valence-electron chi connectivity index (χ4n) is 2.25. The van der Waals surface area contributed by atoms with Crippen molar-refractivity contribution in [3.05, 3.63) is 64.0 Å². The molecule has 1 aromatic heterocycles. The number of halogens is 1. The first kappa shape index (κ1) is 17.0. The Bertz CT molecular complexity index is 769. The molecule has 0 aliphatic carbocycles. The maximum absolute atomic E-state index is 11.4. The highest BCUT2D eigenvalue weighted by molar-refractivity contribution is 6.29. The van der Waals surface area contributed by atoms with Crippen LogP contribution in [-0.4, -0.2) is 23.2 Å². The second-order valence-corrected chi connectivity index (χ2v) is 5.59. The molecule has 1 aromatic carbocycles. The number of ether oxygens (including phenoxy) is 1. The smallest absolute Gasteiger partial charge is 0.335 e. The average molecular weight is 332 g/mol. The van der Waals surface area contributed by atoms with E-state index in [0.717, 1.165) is 22.4 Å². The van der Waals surface area contributed by atoms with Gasteiger partial charge in [0.2, 0.25) is 0 Å². The summed E-state index contributed by atoms with van der Waals surface area (Å²) < 4.78 is 5.09. The molecule has 2 rings (SSSR count). The van der Waals surface area contributed by atoms with Gasteiger partial charge in [-0.15, -0.1) is 0 Å². The predicted octanol–water partition coefficient (Wildman–Crippen LogP) is 4.26. The van der Waals surface area contributed by atoms with Gasteiger partial charge in [0.15, 0.2) is 0 Å². The van der Waals surface area contributed by atoms with Crippen LogP contribution in [0, 0.1) is 6.92 Å². The van der Waals surface area contributed by atoms with Crippen molar-refractivity contribution in [2.45, 2.75) is 20.3 Å². The SMILES string of the molecule is COC(C)=C(Cc1cc(-c2cccc(Cl)n2)ccc1C)C(=O)O. The fourth-order valence-corrected chi connectivity index (χ4v) is 2.42. The Morgan fingerprint density at radius 3 is 2.65 bits per heavy atom. The maximum atomic E-state index is 11.4. The molecule has 1 heterocycles. The number of carboxylic acids is 1. The first-order valence-electron chi connectivity index (χ1n) is 7.12. The second kappa shape index (κ2) is 7.29. The Hall–Kier alpha value is -2.33. The minimum absolute atomic E-state index is 0.242. The van der Waals surface area contributed by atoms with Crippen molar-refractivity contribution in [3.63, 3.8) is 0 Å². The zero-order valence-corrected chi connectivity index (χ0v) is 14.0. The van der Waals surface area contributed by atoms with Gasteiger partial charge in [-0.05, 0) is 43.2 Å². The van der Waals surface area contributed by atoms with Crippen molar-refractivity contribution >= 4 is 17.6 Å². The minimum atomic E-state index is -0.977. The Balaban J connectivity index is 2.44. The van der Waals surface area contributed by atoms with Gasteiger partial charge < -0.3 is 9.84 Å². The lowest BCUT2D eigenvalue weighted by Crippen LogP contribution is -2.08. The third-order valence-electron chi connectivity index (χ3n) is 3.72. The molecule has 2 aromatic rings. The largest absolute Gasteiger partial charge is 0.501 e. The molecule has 1 N–H and O–H groups in total. The van der Waals surface area contributed by atoms with Crippen LogP contribution in [0.1, 0.15) is 18.1 Å². The van der Waals surface area contributed by atoms with Crippen molar-refractivity contribution in [1.82, 2.24) is 4.98 Å². The molecule has 0 atom stereocenters. The van der Waals surface area contributed by atoms with E-state index in [1.807, 2.05) is 37.3 Å². The van der Waals surface area contributed by atoms with Crippen molar-refractivity contribution in [2.75, 3.05) is 7.11 Å². The van der Waals surface area contributed by atoms with Crippen LogP contribution in [0.25, 0.3) is 11.3 Å². The van der Waals surface area contributed by atoms with Crippen LogP contribution in [0.5, 0.6) is 0 Å². The number of rotatable bonds is 5. The van der Waals surface area contributed by atoms with E-state index >= 15 is 0 Å². The molecule has 120 valence electrons. The van der Waals surface area contributed by atoms with Crippen LogP contribution in [0.15, 0.2) is 47.7 Å². The number of aliphatic carboxylic acids is 1. The van der Waals surface area contributed by atoms with E-state index in [-0.39, 0.29) is 12.0 Å². The summed E-state index contributed by atoms with van der Waals surface area (Å²) >= 11 is 5.94. The average Bonchev–Trinajstić information content (AvgIpc) is 2.53. The van der Waals surface area contributed by atoms with Crippen LogP contribution < -0.4 is 0 Å². The molecule has 0 saturated carbocycles. The van der Waals surface area contributed by atoms with Crippen molar-refractivity contribution < 1.29 is 14.6 Å². The number of nitrogens with zero attached hydrogens (tertiary/aromatic N) is 1. The van der Waals surface area contributed by atoms with Gasteiger partial charge in [0.05, 0.1) is 18.4 Å². The number of allylic oxidation sites excluding steroid dienone is 1. The molecule has 0 saturated heterocycles. The fraction of sp³-hybridized carbons (Fsp3) is 0.222. The summed E-state index contributed by atoms with van der Waals surface area (Å²) in [7, 11) is 1.47. The number of methoxy groups -OCH3 is 1. The molecular weight excluding hydrogens is 314 g/mol. The van der Waals surface area contributed by atoms with E-state index in [0.29, 0.717) is 10.9 Å². The number of carbonyl (C=O) groups is 1. The van der Waals surface area contributed by atoms with Crippen LogP contribution in [0.4, 0.5) is 0 Å². The topological polar surface area (TPSA) is 59.4 Å². The highest BCUT2D eigenvalue weighted by atomic mass is 35.5. The van der Waals surface area contributed by atoms with Gasteiger partial charge in [0.25, 0.3) is 0 Å². The lowest BCUT2D eigenvalue weighted by atomic mass is 9.96. The first-order chi connectivity index (χ1) is 10.9. The third kappa shape index (κ3) is 4.11.